The summed E-state index contributed by atoms with van der Waals surface area (Å²) in [5, 5.41) is 22.8. The lowest BCUT2D eigenvalue weighted by Crippen LogP contribution is -2.46. The number of aryl methyl sites for hydroxylation is 3. The van der Waals surface area contributed by atoms with E-state index in [1.165, 1.54) is 37.2 Å². The van der Waals surface area contributed by atoms with Gasteiger partial charge in [0, 0.05) is 146 Å². The number of hydrogen-bond donors (Lipinski definition) is 10. The van der Waals surface area contributed by atoms with Crippen LogP contribution >= 0.6 is 0 Å². The standard InChI is InChI=1S/C28H31FN8O2.C27H29FN8O2.C26H27FN8O2/c1-3-36-10-12-37(13-11-36)19-6-9-23(30-15-19)35-26-24(27(38)34-18-4-5-18)28(32-16-31-26)39-22-8-7-21-20(25(22)29)14-17(2)33-21;1-16-13-19-20(32-16)6-7-21(24(19)28)38-27-23(26(37)33-17-3-4-17)25(30-15-31-27)34-22-8-5-18(14-29-22)36-11-9-35(2)10-12-36;1-15-12-18-19(32-15)5-6-20(23(18)27)37-26-22(25(36)33-16-2-3-16)24(30-14-31-26)34-21-7-4-17(13-29-21)35-10-8-28-9-11-35/h6-9,14-16,18,33H,3-5,10-13H2,1-2H3,(H,34,38)(H,30,31,32,35);5-8,13-15,17,32H,3-4,9-12H2,1-2H3,(H,33,37)(H,29,30,31,34);4-7,12-14,16,28,32H,2-3,8-11H2,1H3,(H,33,36)(H,29,30,31,34). The number of likely N-dealkylation sites (N-methyl/N-ethyl adjacent to an activating group) is 2. The molecule has 18 rings (SSSR count). The van der Waals surface area contributed by atoms with E-state index >= 15 is 13.2 Å². The van der Waals surface area contributed by atoms with E-state index in [0.29, 0.717) is 50.2 Å². The molecular weight excluding hydrogens is 1460 g/mol. The minimum absolute atomic E-state index is 0.0303. The number of aromatic amines is 3. The quantitative estimate of drug-likeness (QED) is 0.0301. The fourth-order valence-electron chi connectivity index (χ4n) is 13.7. The first kappa shape index (κ1) is 75.3. The second kappa shape index (κ2) is 33.3. The van der Waals surface area contributed by atoms with E-state index in [1.54, 1.807) is 48.8 Å². The predicted octanol–water partition coefficient (Wildman–Crippen LogP) is 12.0. The second-order valence-corrected chi connectivity index (χ2v) is 29.2. The van der Waals surface area contributed by atoms with Crippen LogP contribution in [0.1, 0.15) is 93.6 Å². The Bertz CT molecular complexity index is 5480. The zero-order valence-corrected chi connectivity index (χ0v) is 63.6. The molecule has 3 saturated heterocycles. The molecule has 0 atom stereocenters. The van der Waals surface area contributed by atoms with E-state index in [0.717, 1.165) is 158 Å². The summed E-state index contributed by atoms with van der Waals surface area (Å²) in [6, 6.07) is 26.7. The van der Waals surface area contributed by atoms with Gasteiger partial charge in [-0.05, 0) is 164 Å². The van der Waals surface area contributed by atoms with Crippen molar-refractivity contribution in [3.05, 3.63) is 180 Å². The number of aromatic nitrogens is 12. The van der Waals surface area contributed by atoms with E-state index < -0.39 is 29.3 Å². The molecule has 114 heavy (non-hydrogen) atoms. The highest BCUT2D eigenvalue weighted by atomic mass is 19.1. The zero-order valence-electron chi connectivity index (χ0n) is 63.6. The highest BCUT2D eigenvalue weighted by molar-refractivity contribution is 6.04. The molecule has 12 aromatic rings. The molecule has 33 heteroatoms. The smallest absolute Gasteiger partial charge is 0.260 e. The summed E-state index contributed by atoms with van der Waals surface area (Å²) in [5.74, 6) is -0.752. The lowest BCUT2D eigenvalue weighted by Gasteiger charge is -2.35. The van der Waals surface area contributed by atoms with E-state index in [4.69, 9.17) is 14.2 Å². The number of piperazine rings is 3. The molecular formula is C81H87F3N24O6. The van der Waals surface area contributed by atoms with Crippen molar-refractivity contribution in [2.24, 2.45) is 0 Å². The maximum Gasteiger partial charge on any atom is 0.260 e. The van der Waals surface area contributed by atoms with Crippen LogP contribution in [-0.4, -0.2) is 198 Å². The molecule has 3 aliphatic heterocycles. The fourth-order valence-corrected chi connectivity index (χ4v) is 13.7. The van der Waals surface area contributed by atoms with Crippen molar-refractivity contribution >= 4 is 102 Å². The summed E-state index contributed by atoms with van der Waals surface area (Å²) >= 11 is 0. The minimum atomic E-state index is -0.534. The third kappa shape index (κ3) is 17.6. The van der Waals surface area contributed by atoms with Crippen LogP contribution in [0.5, 0.6) is 34.9 Å². The third-order valence-corrected chi connectivity index (χ3v) is 20.5. The molecule has 3 saturated carbocycles. The summed E-state index contributed by atoms with van der Waals surface area (Å²) in [7, 11) is 2.12. The number of halogens is 3. The average Bonchev–Trinajstić information content (AvgIpc) is 1.75. The van der Waals surface area contributed by atoms with Crippen LogP contribution in [0.3, 0.4) is 0 Å². The summed E-state index contributed by atoms with van der Waals surface area (Å²) in [4.78, 5) is 99.8. The number of anilines is 9. The van der Waals surface area contributed by atoms with E-state index in [1.807, 2.05) is 63.4 Å². The normalized spacial score (nSPS) is 15.8. The van der Waals surface area contributed by atoms with E-state index in [9.17, 15) is 14.4 Å². The monoisotopic (exact) mass is 1550 g/mol. The molecule has 6 aliphatic rings. The van der Waals surface area contributed by atoms with Crippen molar-refractivity contribution in [2.45, 2.75) is 84.3 Å². The number of nitrogens with one attached hydrogen (secondary N) is 10. The lowest BCUT2D eigenvalue weighted by atomic mass is 10.2. The highest BCUT2D eigenvalue weighted by Gasteiger charge is 2.34. The SMILES string of the molecule is CCN1CCN(c2ccc(Nc3ncnc(Oc4ccc5[nH]c(C)cc5c4F)c3C(=O)NC3CC3)nc2)CC1.Cc1cc2c(F)c(Oc3ncnc(Nc4ccc(N5CCN(C)CC5)cn4)c3C(=O)NC3CC3)ccc2[nH]1.Cc1cc2c(F)c(Oc3ncnc(Nc4ccc(N5CCNCC5)cn4)c3C(=O)NC3CC3)ccc2[nH]1. The summed E-state index contributed by atoms with van der Waals surface area (Å²) in [6.07, 6.45) is 14.7. The number of amides is 3. The van der Waals surface area contributed by atoms with Crippen molar-refractivity contribution in [3.8, 4) is 34.9 Å². The molecule has 0 spiro atoms. The Balaban J connectivity index is 0.000000129. The van der Waals surface area contributed by atoms with Gasteiger partial charge in [0.1, 0.15) is 53.1 Å². The second-order valence-electron chi connectivity index (χ2n) is 29.2. The molecule has 0 bridgehead atoms. The van der Waals surface area contributed by atoms with Gasteiger partial charge in [0.25, 0.3) is 17.7 Å². The number of carbonyl (C=O) groups is 3. The van der Waals surface area contributed by atoms with Crippen molar-refractivity contribution in [2.75, 3.05) is 123 Å². The number of ether oxygens (including phenoxy) is 3. The van der Waals surface area contributed by atoms with Gasteiger partial charge in [-0.15, -0.1) is 0 Å². The van der Waals surface area contributed by atoms with Crippen LogP contribution in [-0.2, 0) is 0 Å². The van der Waals surface area contributed by atoms with Gasteiger partial charge < -0.3 is 90.9 Å². The molecule has 6 fully saturated rings. The van der Waals surface area contributed by atoms with Crippen LogP contribution in [0.4, 0.5) is 65.1 Å². The first-order valence-corrected chi connectivity index (χ1v) is 38.4. The first-order chi connectivity index (χ1) is 55.5. The molecule has 0 radical (unpaired) electrons. The van der Waals surface area contributed by atoms with Crippen molar-refractivity contribution in [3.63, 3.8) is 0 Å². The molecule has 30 nitrogen and oxygen atoms in total. The van der Waals surface area contributed by atoms with Gasteiger partial charge in [0.05, 0.1) is 35.7 Å². The largest absolute Gasteiger partial charge is 0.435 e. The topological polar surface area (TPSA) is 343 Å². The number of fused-ring (bicyclic) bond motifs is 3. The van der Waals surface area contributed by atoms with Gasteiger partial charge >= 0.3 is 0 Å². The van der Waals surface area contributed by atoms with Crippen molar-refractivity contribution in [1.29, 1.82) is 0 Å². The van der Waals surface area contributed by atoms with Crippen molar-refractivity contribution in [1.82, 2.24) is 90.9 Å². The van der Waals surface area contributed by atoms with Gasteiger partial charge in [0.2, 0.25) is 17.6 Å². The number of rotatable bonds is 22. The average molecular weight is 1550 g/mol. The Hall–Kier alpha value is -12.8. The zero-order chi connectivity index (χ0) is 78.5. The number of hydrogen-bond acceptors (Lipinski definition) is 24. The lowest BCUT2D eigenvalue weighted by molar-refractivity contribution is 0.0939. The van der Waals surface area contributed by atoms with Gasteiger partial charge in [-0.1, -0.05) is 6.92 Å². The Kier molecular flexibility index (Phi) is 22.0. The van der Waals surface area contributed by atoms with Crippen LogP contribution < -0.4 is 66.1 Å². The molecule has 588 valence electrons. The third-order valence-electron chi connectivity index (χ3n) is 20.5. The van der Waals surface area contributed by atoms with Crippen LogP contribution in [0.15, 0.2) is 129 Å². The number of carbonyl (C=O) groups excluding carboxylic acids is 3. The Labute approximate surface area is 653 Å². The van der Waals surface area contributed by atoms with Crippen LogP contribution in [0, 0.1) is 38.2 Å². The number of pyridine rings is 3. The molecule has 3 aromatic carbocycles. The highest BCUT2D eigenvalue weighted by Crippen LogP contribution is 2.39. The van der Waals surface area contributed by atoms with E-state index in [2.05, 4.69) is 135 Å². The van der Waals surface area contributed by atoms with Crippen molar-refractivity contribution < 1.29 is 41.8 Å². The number of benzene rings is 3. The van der Waals surface area contributed by atoms with Gasteiger partial charge in [-0.2, -0.15) is 0 Å². The molecule has 9 aromatic heterocycles. The number of nitrogens with zero attached hydrogens (tertiary/aromatic N) is 14. The number of H-pyrrole nitrogens is 3. The van der Waals surface area contributed by atoms with Gasteiger partial charge in [-0.3, -0.25) is 14.4 Å². The first-order valence-electron chi connectivity index (χ1n) is 38.4. The van der Waals surface area contributed by atoms with Crippen LogP contribution in [0.2, 0.25) is 0 Å². The Morgan fingerprint density at radius 3 is 1.05 bits per heavy atom. The Morgan fingerprint density at radius 2 is 0.746 bits per heavy atom. The Morgan fingerprint density at radius 1 is 0.421 bits per heavy atom. The molecule has 3 aliphatic carbocycles. The molecule has 12 heterocycles. The predicted molar refractivity (Wildman–Crippen MR) is 428 cm³/mol. The van der Waals surface area contributed by atoms with Gasteiger partial charge in [0.15, 0.2) is 52.2 Å². The summed E-state index contributed by atoms with van der Waals surface area (Å²) in [6.45, 7) is 20.3. The molecule has 3 amide bonds. The van der Waals surface area contributed by atoms with Crippen LogP contribution in [0.25, 0.3) is 32.7 Å². The maximum atomic E-state index is 15.3. The van der Waals surface area contributed by atoms with Gasteiger partial charge in [-0.25, -0.2) is 58.0 Å². The maximum absolute atomic E-state index is 15.3. The fraction of sp³-hybridized carbons (Fsp3) is 0.333. The minimum Gasteiger partial charge on any atom is -0.435 e. The van der Waals surface area contributed by atoms with E-state index in [-0.39, 0.29) is 93.1 Å². The molecule has 0 unspecified atom stereocenters. The summed E-state index contributed by atoms with van der Waals surface area (Å²) < 4.78 is 63.5. The summed E-state index contributed by atoms with van der Waals surface area (Å²) in [5.41, 5.74) is 7.86. The molecule has 10 N–H and O–H groups in total.